The lowest BCUT2D eigenvalue weighted by molar-refractivity contribution is 0.0945. The molecule has 19 heavy (non-hydrogen) atoms. The van der Waals surface area contributed by atoms with E-state index in [4.69, 9.17) is 0 Å². The average molecular weight is 321 g/mol. The van der Waals surface area contributed by atoms with Gasteiger partial charge in [0.15, 0.2) is 0 Å². The molecule has 0 aliphatic carbocycles. The van der Waals surface area contributed by atoms with E-state index in [-0.39, 0.29) is 5.91 Å². The number of hydrogen-bond donors (Lipinski definition) is 1. The van der Waals surface area contributed by atoms with Gasteiger partial charge in [0.05, 0.1) is 16.4 Å². The van der Waals surface area contributed by atoms with Gasteiger partial charge in [-0.2, -0.15) is 10.2 Å². The fraction of sp³-hybridized carbons (Fsp3) is 0.154. The number of aromatic nitrogens is 2. The Bertz CT molecular complexity index is 619. The molecule has 0 atom stereocenters. The number of aryl methyl sites for hydroxylation is 2. The number of benzene rings is 1. The third-order valence-electron chi connectivity index (χ3n) is 2.54. The maximum atomic E-state index is 12.0. The van der Waals surface area contributed by atoms with Gasteiger partial charge in [0, 0.05) is 7.05 Å². The van der Waals surface area contributed by atoms with E-state index in [1.54, 1.807) is 13.3 Å². The van der Waals surface area contributed by atoms with Gasteiger partial charge in [-0.1, -0.05) is 30.3 Å². The minimum Gasteiger partial charge on any atom is -0.266 e. The van der Waals surface area contributed by atoms with Crippen molar-refractivity contribution in [2.24, 2.45) is 12.1 Å². The highest BCUT2D eigenvalue weighted by atomic mass is 79.9. The fourth-order valence-electron chi connectivity index (χ4n) is 1.64. The van der Waals surface area contributed by atoms with Crippen molar-refractivity contribution in [3.8, 4) is 0 Å². The third kappa shape index (κ3) is 3.08. The van der Waals surface area contributed by atoms with Crippen LogP contribution in [0.3, 0.4) is 0 Å². The van der Waals surface area contributed by atoms with Crippen molar-refractivity contribution in [3.05, 3.63) is 51.8 Å². The molecule has 6 heteroatoms. The van der Waals surface area contributed by atoms with Crippen LogP contribution in [0.5, 0.6) is 0 Å². The van der Waals surface area contributed by atoms with Crippen molar-refractivity contribution in [3.63, 3.8) is 0 Å². The van der Waals surface area contributed by atoms with E-state index in [0.29, 0.717) is 10.2 Å². The smallest absolute Gasteiger partial charge is 0.266 e. The molecule has 1 heterocycles. The van der Waals surface area contributed by atoms with Crippen molar-refractivity contribution in [1.82, 2.24) is 15.2 Å². The molecule has 0 bridgehead atoms. The summed E-state index contributed by atoms with van der Waals surface area (Å²) in [5, 5.41) is 8.08. The molecule has 0 unspecified atom stereocenters. The highest BCUT2D eigenvalue weighted by molar-refractivity contribution is 9.10. The first kappa shape index (κ1) is 13.5. The second kappa shape index (κ2) is 5.79. The van der Waals surface area contributed by atoms with Gasteiger partial charge in [0.1, 0.15) is 5.69 Å². The Labute approximate surface area is 119 Å². The molecular weight excluding hydrogens is 308 g/mol. The molecule has 2 rings (SSSR count). The van der Waals surface area contributed by atoms with Crippen LogP contribution in [-0.2, 0) is 7.05 Å². The van der Waals surface area contributed by atoms with Crippen LogP contribution in [0.2, 0.25) is 0 Å². The molecule has 0 fully saturated rings. The number of rotatable bonds is 3. The van der Waals surface area contributed by atoms with Crippen molar-refractivity contribution in [1.29, 1.82) is 0 Å². The largest absolute Gasteiger partial charge is 0.290 e. The molecule has 1 amide bonds. The van der Waals surface area contributed by atoms with E-state index in [0.717, 1.165) is 11.3 Å². The number of amides is 1. The summed E-state index contributed by atoms with van der Waals surface area (Å²) in [6, 6.07) is 9.54. The van der Waals surface area contributed by atoms with Crippen molar-refractivity contribution in [2.75, 3.05) is 0 Å². The Morgan fingerprint density at radius 1 is 1.42 bits per heavy atom. The SMILES string of the molecule is Cc1nn(C)c(C(=O)N/N=C/c2ccccc2)c1Br. The lowest BCUT2D eigenvalue weighted by atomic mass is 10.2. The second-order valence-corrected chi connectivity index (χ2v) is 4.77. The standard InChI is InChI=1S/C13H13BrN4O/c1-9-11(14)12(18(2)17-9)13(19)16-15-8-10-6-4-3-5-7-10/h3-8H,1-2H3,(H,16,19)/b15-8+. The summed E-state index contributed by atoms with van der Waals surface area (Å²) in [5.74, 6) is -0.304. The Kier molecular flexibility index (Phi) is 4.11. The first-order valence-electron chi connectivity index (χ1n) is 5.67. The van der Waals surface area contributed by atoms with Gasteiger partial charge in [0.2, 0.25) is 0 Å². The topological polar surface area (TPSA) is 59.3 Å². The van der Waals surface area contributed by atoms with Gasteiger partial charge < -0.3 is 0 Å². The first-order valence-corrected chi connectivity index (χ1v) is 6.46. The van der Waals surface area contributed by atoms with Crippen LogP contribution < -0.4 is 5.43 Å². The quantitative estimate of drug-likeness (QED) is 0.696. The minimum atomic E-state index is -0.304. The number of halogens is 1. The van der Waals surface area contributed by atoms with Crippen LogP contribution in [0.1, 0.15) is 21.7 Å². The molecule has 98 valence electrons. The van der Waals surface area contributed by atoms with Crippen LogP contribution in [0, 0.1) is 6.92 Å². The van der Waals surface area contributed by atoms with Gasteiger partial charge in [-0.25, -0.2) is 5.43 Å². The summed E-state index contributed by atoms with van der Waals surface area (Å²) < 4.78 is 2.20. The van der Waals surface area contributed by atoms with Gasteiger partial charge >= 0.3 is 0 Å². The molecule has 1 aromatic carbocycles. The predicted molar refractivity (Wildman–Crippen MR) is 77.1 cm³/mol. The number of carbonyl (C=O) groups excluding carboxylic acids is 1. The number of carbonyl (C=O) groups is 1. The zero-order valence-corrected chi connectivity index (χ0v) is 12.2. The molecule has 2 aromatic rings. The molecule has 0 saturated heterocycles. The number of hydrogen-bond acceptors (Lipinski definition) is 3. The summed E-state index contributed by atoms with van der Waals surface area (Å²) >= 11 is 3.34. The van der Waals surface area contributed by atoms with E-state index in [1.807, 2.05) is 37.3 Å². The van der Waals surface area contributed by atoms with Crippen LogP contribution in [0.25, 0.3) is 0 Å². The Hall–Kier alpha value is -1.95. The van der Waals surface area contributed by atoms with E-state index >= 15 is 0 Å². The number of hydrazone groups is 1. The maximum Gasteiger partial charge on any atom is 0.290 e. The molecule has 0 aliphatic heterocycles. The third-order valence-corrected chi connectivity index (χ3v) is 3.49. The molecule has 1 N–H and O–H groups in total. The molecule has 1 aromatic heterocycles. The van der Waals surface area contributed by atoms with Gasteiger partial charge in [0.25, 0.3) is 5.91 Å². The monoisotopic (exact) mass is 320 g/mol. The molecule has 5 nitrogen and oxygen atoms in total. The van der Waals surface area contributed by atoms with Crippen molar-refractivity contribution in [2.45, 2.75) is 6.92 Å². The molecule has 0 radical (unpaired) electrons. The highest BCUT2D eigenvalue weighted by Gasteiger charge is 2.17. The zero-order chi connectivity index (χ0) is 13.8. The molecule has 0 saturated carbocycles. The summed E-state index contributed by atoms with van der Waals surface area (Å²) in [6.45, 7) is 1.83. The Balaban J connectivity index is 2.08. The normalized spacial score (nSPS) is 10.9. The number of nitrogens with zero attached hydrogens (tertiary/aromatic N) is 3. The summed E-state index contributed by atoms with van der Waals surface area (Å²) in [5.41, 5.74) is 4.61. The number of nitrogens with one attached hydrogen (secondary N) is 1. The predicted octanol–water partition coefficient (Wildman–Crippen LogP) is 2.25. The van der Waals surface area contributed by atoms with Crippen LogP contribution in [-0.4, -0.2) is 21.9 Å². The van der Waals surface area contributed by atoms with Gasteiger partial charge in [-0.05, 0) is 28.4 Å². The second-order valence-electron chi connectivity index (χ2n) is 3.98. The minimum absolute atomic E-state index is 0.304. The molecule has 0 spiro atoms. The van der Waals surface area contributed by atoms with Crippen LogP contribution >= 0.6 is 15.9 Å². The van der Waals surface area contributed by atoms with Crippen LogP contribution in [0.15, 0.2) is 39.9 Å². The van der Waals surface area contributed by atoms with E-state index < -0.39 is 0 Å². The summed E-state index contributed by atoms with van der Waals surface area (Å²) in [4.78, 5) is 12.0. The Morgan fingerprint density at radius 3 is 2.68 bits per heavy atom. The van der Waals surface area contributed by atoms with Crippen molar-refractivity contribution < 1.29 is 4.79 Å². The van der Waals surface area contributed by atoms with E-state index in [2.05, 4.69) is 31.6 Å². The molecular formula is C13H13BrN4O. The summed E-state index contributed by atoms with van der Waals surface area (Å²) in [6.07, 6.45) is 1.59. The molecule has 0 aliphatic rings. The van der Waals surface area contributed by atoms with E-state index in [1.165, 1.54) is 4.68 Å². The Morgan fingerprint density at radius 2 is 2.11 bits per heavy atom. The highest BCUT2D eigenvalue weighted by Crippen LogP contribution is 2.19. The summed E-state index contributed by atoms with van der Waals surface area (Å²) in [7, 11) is 1.72. The maximum absolute atomic E-state index is 12.0. The average Bonchev–Trinajstić information content (AvgIpc) is 2.64. The van der Waals surface area contributed by atoms with Crippen molar-refractivity contribution >= 4 is 28.1 Å². The lowest BCUT2D eigenvalue weighted by Crippen LogP contribution is -2.21. The van der Waals surface area contributed by atoms with Crippen LogP contribution in [0.4, 0.5) is 0 Å². The van der Waals surface area contributed by atoms with E-state index in [9.17, 15) is 4.79 Å². The fourth-order valence-corrected chi connectivity index (χ4v) is 2.15. The first-order chi connectivity index (χ1) is 9.09. The zero-order valence-electron chi connectivity index (χ0n) is 10.6. The van der Waals surface area contributed by atoms with Gasteiger partial charge in [-0.3, -0.25) is 9.48 Å². The van der Waals surface area contributed by atoms with Gasteiger partial charge in [-0.15, -0.1) is 0 Å². The lowest BCUT2D eigenvalue weighted by Gasteiger charge is -2.00.